The number of aryl methyl sites for hydroxylation is 2. The summed E-state index contributed by atoms with van der Waals surface area (Å²) in [6, 6.07) is 6.71. The van der Waals surface area contributed by atoms with E-state index < -0.39 is 0 Å². The fraction of sp³-hybridized carbons (Fsp3) is 0.538. The van der Waals surface area contributed by atoms with Gasteiger partial charge in [0.2, 0.25) is 0 Å². The van der Waals surface area contributed by atoms with Gasteiger partial charge >= 0.3 is 0 Å². The minimum atomic E-state index is 0.143. The summed E-state index contributed by atoms with van der Waals surface area (Å²) in [4.78, 5) is 0. The van der Waals surface area contributed by atoms with E-state index in [1.807, 2.05) is 11.8 Å². The third-order valence-electron chi connectivity index (χ3n) is 2.79. The lowest BCUT2D eigenvalue weighted by atomic mass is 10.0. The van der Waals surface area contributed by atoms with Crippen molar-refractivity contribution in [2.75, 3.05) is 19.0 Å². The summed E-state index contributed by atoms with van der Waals surface area (Å²) < 4.78 is 5.15. The van der Waals surface area contributed by atoms with Crippen LogP contribution in [0.4, 0.5) is 0 Å². The molecule has 0 bridgehead atoms. The molecule has 3 heteroatoms. The predicted octanol–water partition coefficient (Wildman–Crippen LogP) is 2.44. The Morgan fingerprint density at radius 1 is 1.31 bits per heavy atom. The van der Waals surface area contributed by atoms with Crippen LogP contribution >= 0.6 is 11.8 Å². The van der Waals surface area contributed by atoms with Crippen LogP contribution in [0.2, 0.25) is 0 Å². The molecule has 0 aromatic heterocycles. The summed E-state index contributed by atoms with van der Waals surface area (Å²) in [5.41, 5.74) is 10.0. The molecule has 2 N–H and O–H groups in total. The van der Waals surface area contributed by atoms with Gasteiger partial charge in [-0.05, 0) is 19.4 Å². The first-order chi connectivity index (χ1) is 7.65. The molecule has 0 radical (unpaired) electrons. The predicted molar refractivity (Wildman–Crippen MR) is 69.9 cm³/mol. The van der Waals surface area contributed by atoms with Gasteiger partial charge in [0, 0.05) is 11.8 Å². The molecule has 0 saturated carbocycles. The van der Waals surface area contributed by atoms with Gasteiger partial charge in [0.1, 0.15) is 0 Å². The van der Waals surface area contributed by atoms with Gasteiger partial charge in [-0.15, -0.1) is 0 Å². The van der Waals surface area contributed by atoms with E-state index in [1.54, 1.807) is 0 Å². The lowest BCUT2D eigenvalue weighted by Gasteiger charge is -2.26. The SMILES string of the molecule is Cc1cc(C)cc(C(N)CSC2COC2)c1. The average Bonchev–Trinajstić information content (AvgIpc) is 2.13. The number of nitrogens with two attached hydrogens (primary N) is 1. The second-order valence-corrected chi connectivity index (χ2v) is 5.85. The quantitative estimate of drug-likeness (QED) is 0.873. The fourth-order valence-corrected chi connectivity index (χ4v) is 2.93. The molecule has 0 amide bonds. The molecule has 1 aliphatic heterocycles. The van der Waals surface area contributed by atoms with Crippen molar-refractivity contribution < 1.29 is 4.74 Å². The molecule has 0 spiro atoms. The van der Waals surface area contributed by atoms with E-state index in [9.17, 15) is 0 Å². The molecule has 1 atom stereocenters. The van der Waals surface area contributed by atoms with Crippen LogP contribution in [0.5, 0.6) is 0 Å². The van der Waals surface area contributed by atoms with Crippen molar-refractivity contribution in [3.63, 3.8) is 0 Å². The Balaban J connectivity index is 1.93. The van der Waals surface area contributed by atoms with Gasteiger partial charge in [-0.1, -0.05) is 29.3 Å². The first kappa shape index (κ1) is 12.0. The molecule has 2 rings (SSSR count). The van der Waals surface area contributed by atoms with E-state index in [0.717, 1.165) is 19.0 Å². The Bertz CT molecular complexity index is 343. The average molecular weight is 237 g/mol. The molecular formula is C13H19NOS. The summed E-state index contributed by atoms with van der Waals surface area (Å²) in [6.45, 7) is 6.03. The highest BCUT2D eigenvalue weighted by Crippen LogP contribution is 2.24. The van der Waals surface area contributed by atoms with Crippen molar-refractivity contribution in [1.29, 1.82) is 0 Å². The Morgan fingerprint density at radius 3 is 2.44 bits per heavy atom. The molecule has 1 unspecified atom stereocenters. The van der Waals surface area contributed by atoms with Gasteiger partial charge in [0.15, 0.2) is 0 Å². The summed E-state index contributed by atoms with van der Waals surface area (Å²) in [6.07, 6.45) is 0. The van der Waals surface area contributed by atoms with E-state index in [4.69, 9.17) is 10.5 Å². The number of thioether (sulfide) groups is 1. The molecular weight excluding hydrogens is 218 g/mol. The molecule has 16 heavy (non-hydrogen) atoms. The maximum atomic E-state index is 6.20. The normalized spacial score (nSPS) is 18.2. The number of hydrogen-bond donors (Lipinski definition) is 1. The second-order valence-electron chi connectivity index (χ2n) is 4.52. The molecule has 0 aliphatic carbocycles. The smallest absolute Gasteiger partial charge is 0.0607 e. The maximum absolute atomic E-state index is 6.20. The van der Waals surface area contributed by atoms with Gasteiger partial charge in [-0.3, -0.25) is 0 Å². The summed E-state index contributed by atoms with van der Waals surface area (Å²) in [5, 5.41) is 0.664. The maximum Gasteiger partial charge on any atom is 0.0607 e. The molecule has 1 saturated heterocycles. The van der Waals surface area contributed by atoms with Crippen LogP contribution < -0.4 is 5.73 Å². The molecule has 88 valence electrons. The van der Waals surface area contributed by atoms with Crippen LogP contribution in [0, 0.1) is 13.8 Å². The van der Waals surface area contributed by atoms with Crippen LogP contribution in [0.3, 0.4) is 0 Å². The largest absolute Gasteiger partial charge is 0.379 e. The third-order valence-corrected chi connectivity index (χ3v) is 4.09. The molecule has 1 aliphatic rings. The fourth-order valence-electron chi connectivity index (χ4n) is 1.87. The van der Waals surface area contributed by atoms with Crippen molar-refractivity contribution in [2.45, 2.75) is 25.1 Å². The van der Waals surface area contributed by atoms with Gasteiger partial charge in [-0.25, -0.2) is 0 Å². The first-order valence-electron chi connectivity index (χ1n) is 5.68. The highest BCUT2D eigenvalue weighted by Gasteiger charge is 2.20. The summed E-state index contributed by atoms with van der Waals surface area (Å²) >= 11 is 1.93. The van der Waals surface area contributed by atoms with Crippen LogP contribution in [0.1, 0.15) is 22.7 Å². The van der Waals surface area contributed by atoms with Crippen molar-refractivity contribution in [3.8, 4) is 0 Å². The molecule has 1 aromatic carbocycles. The van der Waals surface area contributed by atoms with Crippen LogP contribution in [0.15, 0.2) is 18.2 Å². The van der Waals surface area contributed by atoms with Crippen molar-refractivity contribution >= 4 is 11.8 Å². The van der Waals surface area contributed by atoms with Crippen LogP contribution in [0.25, 0.3) is 0 Å². The zero-order valence-electron chi connectivity index (χ0n) is 9.90. The van der Waals surface area contributed by atoms with Gasteiger partial charge in [0.05, 0.1) is 18.5 Å². The van der Waals surface area contributed by atoms with Gasteiger partial charge in [-0.2, -0.15) is 11.8 Å². The zero-order valence-corrected chi connectivity index (χ0v) is 10.7. The van der Waals surface area contributed by atoms with Crippen LogP contribution in [-0.2, 0) is 4.74 Å². The summed E-state index contributed by atoms with van der Waals surface area (Å²) in [7, 11) is 0. The van der Waals surface area contributed by atoms with Crippen molar-refractivity contribution in [2.24, 2.45) is 5.73 Å². The standard InChI is InChI=1S/C13H19NOS/c1-9-3-10(2)5-11(4-9)13(14)8-16-12-6-15-7-12/h3-5,12-13H,6-8,14H2,1-2H3. The van der Waals surface area contributed by atoms with Gasteiger partial charge < -0.3 is 10.5 Å². The lowest BCUT2D eigenvalue weighted by molar-refractivity contribution is 0.0455. The molecule has 1 aromatic rings. The highest BCUT2D eigenvalue weighted by atomic mass is 32.2. The van der Waals surface area contributed by atoms with E-state index in [-0.39, 0.29) is 6.04 Å². The lowest BCUT2D eigenvalue weighted by Crippen LogP contribution is -2.31. The highest BCUT2D eigenvalue weighted by molar-refractivity contribution is 8.00. The number of ether oxygens (including phenoxy) is 1. The molecule has 1 heterocycles. The minimum Gasteiger partial charge on any atom is -0.379 e. The van der Waals surface area contributed by atoms with E-state index in [2.05, 4.69) is 32.0 Å². The van der Waals surface area contributed by atoms with Crippen molar-refractivity contribution in [1.82, 2.24) is 0 Å². The van der Waals surface area contributed by atoms with Crippen LogP contribution in [-0.4, -0.2) is 24.2 Å². The second kappa shape index (κ2) is 5.21. The Hall–Kier alpha value is -0.510. The number of rotatable bonds is 4. The molecule has 1 fully saturated rings. The number of hydrogen-bond acceptors (Lipinski definition) is 3. The summed E-state index contributed by atoms with van der Waals surface area (Å²) in [5.74, 6) is 0.983. The Morgan fingerprint density at radius 2 is 1.94 bits per heavy atom. The Kier molecular flexibility index (Phi) is 3.90. The van der Waals surface area contributed by atoms with E-state index in [0.29, 0.717) is 5.25 Å². The topological polar surface area (TPSA) is 35.2 Å². The van der Waals surface area contributed by atoms with Crippen molar-refractivity contribution in [3.05, 3.63) is 34.9 Å². The molecule has 2 nitrogen and oxygen atoms in total. The monoisotopic (exact) mass is 237 g/mol. The third kappa shape index (κ3) is 3.00. The van der Waals surface area contributed by atoms with E-state index >= 15 is 0 Å². The number of benzene rings is 1. The Labute approximate surface area is 102 Å². The van der Waals surface area contributed by atoms with E-state index in [1.165, 1.54) is 16.7 Å². The zero-order chi connectivity index (χ0) is 11.5. The first-order valence-corrected chi connectivity index (χ1v) is 6.73. The van der Waals surface area contributed by atoms with Gasteiger partial charge in [0.25, 0.3) is 0 Å². The minimum absolute atomic E-state index is 0.143.